The van der Waals surface area contributed by atoms with Crippen LogP contribution in [0, 0.1) is 0 Å². The molecule has 0 N–H and O–H groups in total. The Morgan fingerprint density at radius 1 is 1.33 bits per heavy atom. The monoisotopic (exact) mass is 207 g/mol. The molecular weight excluding hydrogens is 186 g/mol. The molecule has 1 heterocycles. The fraction of sp³-hybridized carbons (Fsp3) is 0.154. The van der Waals surface area contributed by atoms with Crippen molar-refractivity contribution >= 4 is 0 Å². The molecule has 2 rings (SSSR count). The minimum atomic E-state index is -1.93. The van der Waals surface area contributed by atoms with Crippen molar-refractivity contribution in [1.82, 2.24) is 4.57 Å². The second kappa shape index (κ2) is 4.13. The van der Waals surface area contributed by atoms with Gasteiger partial charge in [0.2, 0.25) is 0 Å². The van der Waals surface area contributed by atoms with Gasteiger partial charge in [0.25, 0.3) is 5.56 Å². The van der Waals surface area contributed by atoms with Gasteiger partial charge in [-0.1, -0.05) is 31.1 Å². The van der Waals surface area contributed by atoms with Crippen LogP contribution >= 0.6 is 0 Å². The molecule has 0 aliphatic rings. The number of para-hydroxylation sites is 1. The first kappa shape index (κ1) is 3.97. The number of benzene rings is 1. The minimum absolute atomic E-state index is 0.121. The highest BCUT2D eigenvalue weighted by Gasteiger charge is 1.99. The third-order valence-electron chi connectivity index (χ3n) is 1.84. The summed E-state index contributed by atoms with van der Waals surface area (Å²) in [4.78, 5) is 12.1. The van der Waals surface area contributed by atoms with Crippen molar-refractivity contribution in [3.05, 3.63) is 64.4 Å². The molecule has 0 atom stereocenters. The van der Waals surface area contributed by atoms with Gasteiger partial charge in [0.1, 0.15) is 0 Å². The lowest BCUT2D eigenvalue weighted by atomic mass is 10.2. The summed E-state index contributed by atoms with van der Waals surface area (Å²) in [7, 11) is 0. The normalized spacial score (nSPS) is 18.7. The molecule has 2 heteroatoms. The molecule has 2 aromatic rings. The third kappa shape index (κ3) is 1.99. The molecule has 1 aromatic heterocycles. The van der Waals surface area contributed by atoms with E-state index in [0.29, 0.717) is 0 Å². The largest absolute Gasteiger partial charge is 0.284 e. The van der Waals surface area contributed by atoms with Crippen LogP contribution in [0.3, 0.4) is 0 Å². The zero-order chi connectivity index (χ0) is 17.7. The van der Waals surface area contributed by atoms with Gasteiger partial charge in [-0.2, -0.15) is 0 Å². The number of aryl methyl sites for hydroxylation is 1. The van der Waals surface area contributed by atoms with Crippen LogP contribution in [0.5, 0.6) is 0 Å². The van der Waals surface area contributed by atoms with E-state index in [1.165, 1.54) is 6.92 Å². The maximum atomic E-state index is 12.1. The Morgan fingerprint density at radius 3 is 2.73 bits per heavy atom. The molecule has 0 spiro atoms. The first-order chi connectivity index (χ1) is 10.5. The van der Waals surface area contributed by atoms with Gasteiger partial charge in [0.15, 0.2) is 0 Å². The van der Waals surface area contributed by atoms with Crippen LogP contribution in [0.2, 0.25) is 0 Å². The van der Waals surface area contributed by atoms with Crippen LogP contribution in [-0.2, 0) is 6.37 Å². The van der Waals surface area contributed by atoms with Crippen LogP contribution in [-0.4, -0.2) is 4.57 Å². The van der Waals surface area contributed by atoms with Crippen LogP contribution in [0.4, 0.5) is 0 Å². The summed E-state index contributed by atoms with van der Waals surface area (Å²) >= 11 is 0. The number of rotatable bonds is 2. The highest BCUT2D eigenvalue weighted by molar-refractivity contribution is 5.32. The van der Waals surface area contributed by atoms with Gasteiger partial charge in [0.05, 0.1) is 8.22 Å². The van der Waals surface area contributed by atoms with Crippen molar-refractivity contribution in [2.45, 2.75) is 13.3 Å². The lowest BCUT2D eigenvalue weighted by Gasteiger charge is -2.06. The van der Waals surface area contributed by atoms with E-state index in [1.54, 1.807) is 0 Å². The van der Waals surface area contributed by atoms with E-state index >= 15 is 0 Å². The smallest absolute Gasteiger partial charge is 0.255 e. The molecule has 2 nitrogen and oxygen atoms in total. The summed E-state index contributed by atoms with van der Waals surface area (Å²) in [6.07, 6.45) is -0.918. The van der Waals surface area contributed by atoms with Crippen molar-refractivity contribution < 1.29 is 11.0 Å². The van der Waals surface area contributed by atoms with Gasteiger partial charge in [-0.3, -0.25) is 9.36 Å². The summed E-state index contributed by atoms with van der Waals surface area (Å²) in [5.74, 6) is 0. The third-order valence-corrected chi connectivity index (χ3v) is 1.84. The van der Waals surface area contributed by atoms with Crippen LogP contribution < -0.4 is 5.56 Å². The van der Waals surface area contributed by atoms with Gasteiger partial charge in [-0.05, 0) is 24.0 Å². The van der Waals surface area contributed by atoms with Gasteiger partial charge >= 0.3 is 0 Å². The molecule has 0 fully saturated rings. The quantitative estimate of drug-likeness (QED) is 0.741. The Balaban J connectivity index is 2.92. The van der Waals surface area contributed by atoms with Crippen molar-refractivity contribution in [3.8, 4) is 5.69 Å². The van der Waals surface area contributed by atoms with E-state index < -0.39 is 42.1 Å². The summed E-state index contributed by atoms with van der Waals surface area (Å²) in [6, 6.07) is -2.37. The molecule has 76 valence electrons. The molecule has 0 aliphatic carbocycles. The Bertz CT molecular complexity index is 824. The first-order valence-electron chi connectivity index (χ1n) is 8.28. The second-order valence-corrected chi connectivity index (χ2v) is 2.76. The predicted octanol–water partition coefficient (Wildman–Crippen LogP) is 2.40. The zero-order valence-electron chi connectivity index (χ0n) is 16.0. The van der Waals surface area contributed by atoms with Gasteiger partial charge in [-0.15, -0.1) is 0 Å². The summed E-state index contributed by atoms with van der Waals surface area (Å²) in [6.45, 7) is 1.21. The Labute approximate surface area is 100 Å². The maximum absolute atomic E-state index is 12.1. The molecule has 0 aliphatic heterocycles. The number of hydrogen-bond donors (Lipinski definition) is 0. The number of aromatic nitrogens is 1. The second-order valence-electron chi connectivity index (χ2n) is 2.76. The molecule has 15 heavy (non-hydrogen) atoms. The number of pyridine rings is 1. The highest BCUT2D eigenvalue weighted by Crippen LogP contribution is 2.05. The number of nitrogens with zero attached hydrogens (tertiary/aromatic N) is 1. The summed E-state index contributed by atoms with van der Waals surface area (Å²) < 4.78 is 62.5. The molecule has 0 saturated carbocycles. The minimum Gasteiger partial charge on any atom is -0.284 e. The Kier molecular flexibility index (Phi) is 1.09. The standard InChI is InChI=1S/C13H13NO/c1-2-11-8-9-13(15)14(10-11)12-6-4-3-5-7-12/h3-10H,2H2,1H3/i2D2,3D,4D,5D,6D,7D,8D. The fourth-order valence-electron chi connectivity index (χ4n) is 1.11. The highest BCUT2D eigenvalue weighted by atomic mass is 16.1. The predicted molar refractivity (Wildman–Crippen MR) is 61.4 cm³/mol. The van der Waals surface area contributed by atoms with Crippen molar-refractivity contribution in [2.24, 2.45) is 0 Å². The van der Waals surface area contributed by atoms with Crippen molar-refractivity contribution in [3.63, 3.8) is 0 Å². The molecule has 0 radical (unpaired) electrons. The molecule has 0 bridgehead atoms. The fourth-order valence-corrected chi connectivity index (χ4v) is 1.11. The van der Waals surface area contributed by atoms with E-state index in [-0.39, 0.29) is 17.3 Å². The van der Waals surface area contributed by atoms with Crippen LogP contribution in [0.25, 0.3) is 5.69 Å². The van der Waals surface area contributed by atoms with Crippen molar-refractivity contribution in [1.29, 1.82) is 0 Å². The van der Waals surface area contributed by atoms with Gasteiger partial charge < -0.3 is 0 Å². The average Bonchev–Trinajstić information content (AvgIpc) is 2.44. The van der Waals surface area contributed by atoms with E-state index in [2.05, 4.69) is 0 Å². The van der Waals surface area contributed by atoms with E-state index in [0.717, 1.165) is 16.8 Å². The molecule has 0 amide bonds. The Morgan fingerprint density at radius 2 is 2.07 bits per heavy atom. The molecule has 0 saturated heterocycles. The van der Waals surface area contributed by atoms with E-state index in [4.69, 9.17) is 11.0 Å². The Hall–Kier alpha value is -1.83. The van der Waals surface area contributed by atoms with Crippen molar-refractivity contribution in [2.75, 3.05) is 0 Å². The van der Waals surface area contributed by atoms with E-state index in [9.17, 15) is 4.79 Å². The zero-order valence-corrected chi connectivity index (χ0v) is 8.01. The van der Waals surface area contributed by atoms with Gasteiger partial charge in [0, 0.05) is 20.7 Å². The topological polar surface area (TPSA) is 22.0 Å². The molecule has 1 aromatic carbocycles. The number of hydrogen-bond acceptors (Lipinski definition) is 1. The first-order valence-corrected chi connectivity index (χ1v) is 4.28. The van der Waals surface area contributed by atoms with Crippen LogP contribution in [0.15, 0.2) is 53.3 Å². The summed E-state index contributed by atoms with van der Waals surface area (Å²) in [5.41, 5.74) is -1.27. The molecule has 0 unspecified atom stereocenters. The lowest BCUT2D eigenvalue weighted by molar-refractivity contribution is 0.953. The average molecular weight is 207 g/mol. The van der Waals surface area contributed by atoms with Crippen LogP contribution in [0.1, 0.15) is 23.5 Å². The lowest BCUT2D eigenvalue weighted by Crippen LogP contribution is -2.16. The molecular formula is C13H13NO. The van der Waals surface area contributed by atoms with Gasteiger partial charge in [-0.25, -0.2) is 0 Å². The maximum Gasteiger partial charge on any atom is 0.255 e. The SMILES string of the molecule is [2H]c1cc(=O)n(-c2c([2H])c([2H])c([2H])c([2H])c2[2H])cc1C([2H])([2H])C. The summed E-state index contributed by atoms with van der Waals surface area (Å²) in [5, 5.41) is 0. The van der Waals surface area contributed by atoms with E-state index in [1.807, 2.05) is 0 Å².